The van der Waals surface area contributed by atoms with Crippen molar-refractivity contribution >= 4 is 34.1 Å². The lowest BCUT2D eigenvalue weighted by Gasteiger charge is -2.19. The van der Waals surface area contributed by atoms with Crippen LogP contribution >= 0.6 is 11.3 Å². The first-order valence-corrected chi connectivity index (χ1v) is 12.4. The number of imidazole rings is 1. The van der Waals surface area contributed by atoms with Crippen LogP contribution in [0.3, 0.4) is 0 Å². The van der Waals surface area contributed by atoms with E-state index < -0.39 is 0 Å². The molecule has 2 aliphatic rings. The van der Waals surface area contributed by atoms with E-state index in [1.54, 1.807) is 29.8 Å². The van der Waals surface area contributed by atoms with Gasteiger partial charge in [0.2, 0.25) is 0 Å². The summed E-state index contributed by atoms with van der Waals surface area (Å²) in [4.78, 5) is 17.0. The van der Waals surface area contributed by atoms with E-state index in [-0.39, 0.29) is 5.82 Å². The third-order valence-electron chi connectivity index (χ3n) is 6.24. The molecule has 5 heterocycles. The molecule has 7 nitrogen and oxygen atoms in total. The van der Waals surface area contributed by atoms with E-state index >= 15 is 4.39 Å². The van der Waals surface area contributed by atoms with Crippen LogP contribution in [0, 0.1) is 12.7 Å². The van der Waals surface area contributed by atoms with E-state index in [0.29, 0.717) is 29.2 Å². The fourth-order valence-corrected chi connectivity index (χ4v) is 5.29. The smallest absolute Gasteiger partial charge is 0.161 e. The van der Waals surface area contributed by atoms with Crippen molar-refractivity contribution in [1.82, 2.24) is 20.4 Å². The van der Waals surface area contributed by atoms with Gasteiger partial charge >= 0.3 is 0 Å². The third kappa shape index (κ3) is 3.87. The summed E-state index contributed by atoms with van der Waals surface area (Å²) in [6.45, 7) is 2.53. The van der Waals surface area contributed by atoms with Crippen molar-refractivity contribution < 1.29 is 4.39 Å². The number of aryl methyl sites for hydroxylation is 1. The summed E-state index contributed by atoms with van der Waals surface area (Å²) >= 11 is 1.73. The number of thiophene rings is 1. The molecule has 0 unspecified atom stereocenters. The Morgan fingerprint density at radius 3 is 2.78 bits per heavy atom. The Hall–Kier alpha value is -4.24. The molecule has 2 aliphatic heterocycles. The van der Waals surface area contributed by atoms with Gasteiger partial charge in [-0.25, -0.2) is 9.37 Å². The van der Waals surface area contributed by atoms with E-state index in [1.807, 2.05) is 43.4 Å². The number of pyridine rings is 1. The van der Waals surface area contributed by atoms with Crippen LogP contribution in [0.25, 0.3) is 16.7 Å². The third-order valence-corrected chi connectivity index (χ3v) is 7.28. The minimum absolute atomic E-state index is 0.296. The number of hydrazone groups is 1. The van der Waals surface area contributed by atoms with Crippen molar-refractivity contribution in [2.24, 2.45) is 5.10 Å². The summed E-state index contributed by atoms with van der Waals surface area (Å²) in [5, 5.41) is 7.84. The molecular weight excluding hydrogens is 473 g/mol. The largest absolute Gasteiger partial charge is 0.376 e. The maximum absolute atomic E-state index is 15.2. The molecule has 0 saturated heterocycles. The van der Waals surface area contributed by atoms with Gasteiger partial charge in [-0.2, -0.15) is 5.10 Å². The van der Waals surface area contributed by atoms with Crippen molar-refractivity contribution in [1.29, 1.82) is 0 Å². The van der Waals surface area contributed by atoms with Crippen molar-refractivity contribution in [3.8, 4) is 11.1 Å². The molecule has 180 valence electrons. The predicted molar refractivity (Wildman–Crippen MR) is 144 cm³/mol. The average molecular weight is 498 g/mol. The Bertz CT molecular complexity index is 1570. The minimum atomic E-state index is -0.296. The predicted octanol–water partition coefficient (Wildman–Crippen LogP) is 5.27. The Morgan fingerprint density at radius 2 is 1.97 bits per heavy atom. The van der Waals surface area contributed by atoms with Crippen LogP contribution in [0.15, 0.2) is 66.2 Å². The zero-order valence-electron chi connectivity index (χ0n) is 20.1. The number of aromatic amines is 1. The molecule has 36 heavy (non-hydrogen) atoms. The van der Waals surface area contributed by atoms with Crippen LogP contribution in [0.5, 0.6) is 0 Å². The summed E-state index contributed by atoms with van der Waals surface area (Å²) in [5.41, 5.74) is 9.34. The zero-order chi connectivity index (χ0) is 24.8. The maximum atomic E-state index is 15.2. The summed E-state index contributed by atoms with van der Waals surface area (Å²) in [7, 11) is 3.87. The Morgan fingerprint density at radius 1 is 1.08 bits per heavy atom. The molecule has 0 saturated carbocycles. The first kappa shape index (κ1) is 22.2. The molecule has 0 atom stereocenters. The van der Waals surface area contributed by atoms with E-state index in [4.69, 9.17) is 4.98 Å². The molecule has 3 aromatic heterocycles. The molecule has 0 radical (unpaired) electrons. The average Bonchev–Trinajstić information content (AvgIpc) is 3.44. The number of halogens is 1. The van der Waals surface area contributed by atoms with Gasteiger partial charge in [0.05, 0.1) is 24.1 Å². The zero-order valence-corrected chi connectivity index (χ0v) is 20.9. The quantitative estimate of drug-likeness (QED) is 0.358. The van der Waals surface area contributed by atoms with Gasteiger partial charge in [0.1, 0.15) is 11.5 Å². The minimum Gasteiger partial charge on any atom is -0.376 e. The molecule has 0 spiro atoms. The van der Waals surface area contributed by atoms with Gasteiger partial charge in [0, 0.05) is 58.5 Å². The van der Waals surface area contributed by atoms with Gasteiger partial charge in [-0.15, -0.1) is 11.3 Å². The lowest BCUT2D eigenvalue weighted by Crippen LogP contribution is -2.22. The molecule has 1 aromatic carbocycles. The van der Waals surface area contributed by atoms with Gasteiger partial charge < -0.3 is 20.6 Å². The summed E-state index contributed by atoms with van der Waals surface area (Å²) in [6, 6.07) is 9.59. The molecule has 0 amide bonds. The molecule has 0 fully saturated rings. The number of hydrogen-bond donors (Lipinski definition) is 3. The number of anilines is 2. The van der Waals surface area contributed by atoms with E-state index in [0.717, 1.165) is 38.8 Å². The monoisotopic (exact) mass is 497 g/mol. The summed E-state index contributed by atoms with van der Waals surface area (Å²) < 4.78 is 15.2. The highest BCUT2D eigenvalue weighted by molar-refractivity contribution is 7.13. The number of benzene rings is 1. The first-order chi connectivity index (χ1) is 17.5. The number of aromatic nitrogens is 3. The Labute approximate surface area is 212 Å². The van der Waals surface area contributed by atoms with Gasteiger partial charge in [-0.3, -0.25) is 4.98 Å². The number of rotatable bonds is 4. The topological polar surface area (TPSA) is 81.2 Å². The number of fused-ring (bicyclic) bond motifs is 2. The fourth-order valence-electron chi connectivity index (χ4n) is 4.39. The molecule has 3 N–H and O–H groups in total. The highest BCUT2D eigenvalue weighted by atomic mass is 32.1. The van der Waals surface area contributed by atoms with Gasteiger partial charge in [-0.05, 0) is 55.0 Å². The molecule has 0 aliphatic carbocycles. The highest BCUT2D eigenvalue weighted by Gasteiger charge is 2.25. The maximum Gasteiger partial charge on any atom is 0.161 e. The van der Waals surface area contributed by atoms with Crippen molar-refractivity contribution in [3.05, 3.63) is 99.3 Å². The number of nitrogens with zero attached hydrogens (tertiary/aromatic N) is 4. The van der Waals surface area contributed by atoms with Gasteiger partial charge in [0.25, 0.3) is 0 Å². The second-order valence-electron chi connectivity index (χ2n) is 8.91. The second kappa shape index (κ2) is 8.76. The lowest BCUT2D eigenvalue weighted by molar-refractivity contribution is 0.624. The Balaban J connectivity index is 1.44. The van der Waals surface area contributed by atoms with Crippen LogP contribution in [-0.2, 0) is 6.54 Å². The lowest BCUT2D eigenvalue weighted by atomic mass is 9.95. The molecule has 4 aromatic rings. The summed E-state index contributed by atoms with van der Waals surface area (Å²) in [6.07, 6.45) is 9.35. The second-order valence-corrected chi connectivity index (χ2v) is 10.2. The first-order valence-electron chi connectivity index (χ1n) is 11.5. The van der Waals surface area contributed by atoms with Crippen LogP contribution in [0.2, 0.25) is 0 Å². The van der Waals surface area contributed by atoms with Crippen LogP contribution in [0.1, 0.15) is 32.4 Å². The molecule has 9 heteroatoms. The standard InChI is InChI=1S/C27H24FN7S/c1-15-6-7-23(36-15)19-5-4-8-30-26-24(19)32-27(33-26)25-21-11-20(22(28)10-17(21)13-31-34-25)16-9-18(35(2)3)14-29-12-16/h4-12,14,30-31H,13H2,1-3H3,(H,32,33). The van der Waals surface area contributed by atoms with Crippen molar-refractivity contribution in [2.45, 2.75) is 13.5 Å². The van der Waals surface area contributed by atoms with E-state index in [1.165, 1.54) is 4.88 Å². The van der Waals surface area contributed by atoms with E-state index in [2.05, 4.69) is 50.9 Å². The van der Waals surface area contributed by atoms with Crippen LogP contribution < -0.4 is 15.6 Å². The fraction of sp³-hybridized carbons (Fsp3) is 0.148. The van der Waals surface area contributed by atoms with E-state index in [9.17, 15) is 0 Å². The van der Waals surface area contributed by atoms with Gasteiger partial charge in [-0.1, -0.05) is 0 Å². The Kier molecular flexibility index (Phi) is 5.41. The number of H-pyrrole nitrogens is 1. The highest BCUT2D eigenvalue weighted by Crippen LogP contribution is 2.35. The van der Waals surface area contributed by atoms with Crippen molar-refractivity contribution in [3.63, 3.8) is 0 Å². The molecule has 6 rings (SSSR count). The van der Waals surface area contributed by atoms with Crippen molar-refractivity contribution in [2.75, 3.05) is 24.3 Å². The molecule has 0 bridgehead atoms. The molecular formula is C27H24FN7S. The number of allylic oxidation sites excluding steroid dienone is 2. The number of nitrogens with one attached hydrogen (secondary N) is 3. The SMILES string of the molecule is Cc1ccc(C2=CC=CNc3nc(C4=NNCc5cc(F)c(-c6cncc(N(C)C)c6)cc54)[nH]c32)s1. The normalized spacial score (nSPS) is 14.1. The van der Waals surface area contributed by atoms with Gasteiger partial charge in [0.15, 0.2) is 11.6 Å². The number of hydrogen-bond acceptors (Lipinski definition) is 7. The summed E-state index contributed by atoms with van der Waals surface area (Å²) in [5.74, 6) is 1.03. The van der Waals surface area contributed by atoms with Crippen LogP contribution in [-0.4, -0.2) is 34.8 Å². The van der Waals surface area contributed by atoms with Crippen LogP contribution in [0.4, 0.5) is 15.9 Å².